The second-order valence-corrected chi connectivity index (χ2v) is 5.59. The first-order chi connectivity index (χ1) is 10.3. The summed E-state index contributed by atoms with van der Waals surface area (Å²) >= 11 is 0. The van der Waals surface area contributed by atoms with E-state index in [0.717, 1.165) is 37.3 Å². The van der Waals surface area contributed by atoms with Crippen molar-refractivity contribution in [3.8, 4) is 5.75 Å². The Kier molecular flexibility index (Phi) is 9.27. The highest BCUT2D eigenvalue weighted by atomic mass is 127. The number of para-hydroxylation sites is 1. The van der Waals surface area contributed by atoms with Gasteiger partial charge in [0.05, 0.1) is 6.54 Å². The molecule has 0 aromatic heterocycles. The lowest BCUT2D eigenvalue weighted by atomic mass is 10.0. The van der Waals surface area contributed by atoms with Crippen LogP contribution in [0.15, 0.2) is 35.3 Å². The van der Waals surface area contributed by atoms with E-state index in [0.29, 0.717) is 13.2 Å². The normalized spacial score (nSPS) is 18.5. The number of benzene rings is 1. The van der Waals surface area contributed by atoms with Gasteiger partial charge in [-0.05, 0) is 37.8 Å². The van der Waals surface area contributed by atoms with Crippen LogP contribution in [-0.2, 0) is 0 Å². The number of hydrogen-bond acceptors (Lipinski definition) is 2. The number of piperidine rings is 1. The first kappa shape index (κ1) is 19.1. The third-order valence-corrected chi connectivity index (χ3v) is 3.66. The molecular weight excluding hydrogens is 389 g/mol. The molecule has 1 aliphatic rings. The Hall–Kier alpha value is -0.980. The summed E-state index contributed by atoms with van der Waals surface area (Å²) < 4.78 is 5.69. The van der Waals surface area contributed by atoms with E-state index >= 15 is 0 Å². The van der Waals surface area contributed by atoms with Crippen LogP contribution in [0.4, 0.5) is 0 Å². The van der Waals surface area contributed by atoms with Gasteiger partial charge in [0.15, 0.2) is 5.96 Å². The number of nitrogens with one attached hydrogen (secondary N) is 1. The van der Waals surface area contributed by atoms with Gasteiger partial charge in [0, 0.05) is 19.6 Å². The maximum absolute atomic E-state index is 5.69. The highest BCUT2D eigenvalue weighted by Gasteiger charge is 2.18. The van der Waals surface area contributed by atoms with Crippen molar-refractivity contribution >= 4 is 29.9 Å². The van der Waals surface area contributed by atoms with Crippen LogP contribution in [0.3, 0.4) is 0 Å². The van der Waals surface area contributed by atoms with Crippen molar-refractivity contribution < 1.29 is 4.74 Å². The Morgan fingerprint density at radius 2 is 2.14 bits per heavy atom. The van der Waals surface area contributed by atoms with Crippen LogP contribution in [-0.4, -0.2) is 43.6 Å². The third kappa shape index (κ3) is 6.42. The molecule has 1 saturated heterocycles. The molecule has 2 rings (SSSR count). The molecule has 1 atom stereocenters. The summed E-state index contributed by atoms with van der Waals surface area (Å²) in [6.45, 7) is 8.84. The predicted molar refractivity (Wildman–Crippen MR) is 103 cm³/mol. The summed E-state index contributed by atoms with van der Waals surface area (Å²) in [6, 6.07) is 9.91. The second-order valence-electron chi connectivity index (χ2n) is 5.59. The van der Waals surface area contributed by atoms with Crippen molar-refractivity contribution in [3.63, 3.8) is 0 Å². The fraction of sp³-hybridized carbons (Fsp3) is 0.588. The summed E-state index contributed by atoms with van der Waals surface area (Å²) in [4.78, 5) is 7.07. The highest BCUT2D eigenvalue weighted by Crippen LogP contribution is 2.15. The molecule has 124 valence electrons. The van der Waals surface area contributed by atoms with Crippen molar-refractivity contribution in [1.82, 2.24) is 10.2 Å². The summed E-state index contributed by atoms with van der Waals surface area (Å²) in [6.07, 6.45) is 2.58. The van der Waals surface area contributed by atoms with Crippen molar-refractivity contribution in [2.45, 2.75) is 26.7 Å². The van der Waals surface area contributed by atoms with Crippen LogP contribution in [0.25, 0.3) is 0 Å². The number of nitrogens with zero attached hydrogens (tertiary/aromatic N) is 2. The molecule has 0 saturated carbocycles. The lowest BCUT2D eigenvalue weighted by molar-refractivity contribution is 0.264. The molecule has 1 fully saturated rings. The van der Waals surface area contributed by atoms with Gasteiger partial charge in [-0.25, -0.2) is 4.99 Å². The molecule has 1 aromatic rings. The Bertz CT molecular complexity index is 439. The van der Waals surface area contributed by atoms with Crippen molar-refractivity contribution in [3.05, 3.63) is 30.3 Å². The standard InChI is InChI=1S/C17H27N3O.HI/c1-3-18-17(20-12-7-8-15(2)14-20)19-11-13-21-16-9-5-4-6-10-16;/h4-6,9-10,15H,3,7-8,11-14H2,1-2H3,(H,18,19);1H. The van der Waals surface area contributed by atoms with Crippen molar-refractivity contribution in [2.75, 3.05) is 32.8 Å². The van der Waals surface area contributed by atoms with Crippen LogP contribution in [0, 0.1) is 5.92 Å². The van der Waals surface area contributed by atoms with E-state index in [4.69, 9.17) is 9.73 Å². The number of halogens is 1. The monoisotopic (exact) mass is 417 g/mol. The zero-order valence-corrected chi connectivity index (χ0v) is 16.0. The molecule has 0 amide bonds. The molecule has 0 spiro atoms. The largest absolute Gasteiger partial charge is 0.492 e. The first-order valence-corrected chi connectivity index (χ1v) is 8.00. The SMILES string of the molecule is CCNC(=NCCOc1ccccc1)N1CCCC(C)C1.I. The van der Waals surface area contributed by atoms with Gasteiger partial charge in [-0.15, -0.1) is 24.0 Å². The van der Waals surface area contributed by atoms with Gasteiger partial charge in [-0.2, -0.15) is 0 Å². The van der Waals surface area contributed by atoms with E-state index in [1.807, 2.05) is 30.3 Å². The van der Waals surface area contributed by atoms with Crippen LogP contribution < -0.4 is 10.1 Å². The van der Waals surface area contributed by atoms with Gasteiger partial charge in [0.2, 0.25) is 0 Å². The Labute approximate surface area is 151 Å². The average molecular weight is 417 g/mol. The average Bonchev–Trinajstić information content (AvgIpc) is 2.51. The van der Waals surface area contributed by atoms with Crippen LogP contribution >= 0.6 is 24.0 Å². The molecular formula is C17H28IN3O. The number of hydrogen-bond donors (Lipinski definition) is 1. The molecule has 22 heavy (non-hydrogen) atoms. The van der Waals surface area contributed by atoms with E-state index in [1.165, 1.54) is 12.8 Å². The van der Waals surface area contributed by atoms with Gasteiger partial charge in [-0.3, -0.25) is 0 Å². The molecule has 1 aliphatic heterocycles. The quantitative estimate of drug-likeness (QED) is 0.346. The lowest BCUT2D eigenvalue weighted by Crippen LogP contribution is -2.46. The first-order valence-electron chi connectivity index (χ1n) is 8.00. The number of guanidine groups is 1. The summed E-state index contributed by atoms with van der Waals surface area (Å²) in [5, 5.41) is 3.39. The number of aliphatic imine (C=N–C) groups is 1. The topological polar surface area (TPSA) is 36.9 Å². The van der Waals surface area contributed by atoms with E-state index in [9.17, 15) is 0 Å². The number of rotatable bonds is 5. The second kappa shape index (κ2) is 10.7. The van der Waals surface area contributed by atoms with Crippen LogP contribution in [0.5, 0.6) is 5.75 Å². The molecule has 1 heterocycles. The van der Waals surface area contributed by atoms with E-state index in [-0.39, 0.29) is 24.0 Å². The van der Waals surface area contributed by atoms with Crippen molar-refractivity contribution in [2.24, 2.45) is 10.9 Å². The molecule has 1 N–H and O–H groups in total. The molecule has 0 bridgehead atoms. The van der Waals surface area contributed by atoms with E-state index in [2.05, 4.69) is 24.1 Å². The highest BCUT2D eigenvalue weighted by molar-refractivity contribution is 14.0. The molecule has 1 aromatic carbocycles. The third-order valence-electron chi connectivity index (χ3n) is 3.66. The molecule has 0 aliphatic carbocycles. The molecule has 5 heteroatoms. The lowest BCUT2D eigenvalue weighted by Gasteiger charge is -2.33. The Balaban J connectivity index is 0.00000242. The van der Waals surface area contributed by atoms with Gasteiger partial charge in [-0.1, -0.05) is 25.1 Å². The molecule has 0 radical (unpaired) electrons. The van der Waals surface area contributed by atoms with Gasteiger partial charge in [0.1, 0.15) is 12.4 Å². The smallest absolute Gasteiger partial charge is 0.194 e. The van der Waals surface area contributed by atoms with Gasteiger partial charge >= 0.3 is 0 Å². The van der Waals surface area contributed by atoms with Crippen LogP contribution in [0.1, 0.15) is 26.7 Å². The Morgan fingerprint density at radius 1 is 1.36 bits per heavy atom. The minimum absolute atomic E-state index is 0. The fourth-order valence-electron chi connectivity index (χ4n) is 2.64. The summed E-state index contributed by atoms with van der Waals surface area (Å²) in [5.41, 5.74) is 0. The zero-order chi connectivity index (χ0) is 14.9. The maximum Gasteiger partial charge on any atom is 0.194 e. The Morgan fingerprint density at radius 3 is 2.82 bits per heavy atom. The number of ether oxygens (including phenoxy) is 1. The minimum atomic E-state index is 0. The summed E-state index contributed by atoms with van der Waals surface area (Å²) in [5.74, 6) is 2.69. The zero-order valence-electron chi connectivity index (χ0n) is 13.6. The molecule has 4 nitrogen and oxygen atoms in total. The number of likely N-dealkylation sites (tertiary alicyclic amines) is 1. The van der Waals surface area contributed by atoms with Crippen LogP contribution in [0.2, 0.25) is 0 Å². The van der Waals surface area contributed by atoms with Gasteiger partial charge in [0.25, 0.3) is 0 Å². The van der Waals surface area contributed by atoms with E-state index < -0.39 is 0 Å². The van der Waals surface area contributed by atoms with E-state index in [1.54, 1.807) is 0 Å². The molecule has 1 unspecified atom stereocenters. The summed E-state index contributed by atoms with van der Waals surface area (Å²) in [7, 11) is 0. The van der Waals surface area contributed by atoms with Crippen molar-refractivity contribution in [1.29, 1.82) is 0 Å². The van der Waals surface area contributed by atoms with Gasteiger partial charge < -0.3 is 15.0 Å². The predicted octanol–water partition coefficient (Wildman–Crippen LogP) is 3.38. The minimum Gasteiger partial charge on any atom is -0.492 e. The maximum atomic E-state index is 5.69. The fourth-order valence-corrected chi connectivity index (χ4v) is 2.64.